The van der Waals surface area contributed by atoms with Crippen molar-refractivity contribution in [1.29, 1.82) is 0 Å². The average molecular weight is 330 g/mol. The Morgan fingerprint density at radius 1 is 1.43 bits per heavy atom. The molecular weight excluding hydrogens is 313 g/mol. The largest absolute Gasteiger partial charge is 0.480 e. The van der Waals surface area contributed by atoms with Crippen LogP contribution < -0.4 is 0 Å². The monoisotopic (exact) mass is 329 g/mol. The fourth-order valence-electron chi connectivity index (χ4n) is 2.67. The van der Waals surface area contributed by atoms with E-state index in [2.05, 4.69) is 0 Å². The van der Waals surface area contributed by atoms with Crippen molar-refractivity contribution in [2.45, 2.75) is 32.2 Å². The first-order chi connectivity index (χ1) is 9.90. The van der Waals surface area contributed by atoms with Crippen molar-refractivity contribution in [3.8, 4) is 0 Å². The Hall–Kier alpha value is -1.26. The Bertz CT molecular complexity index is 562. The fourth-order valence-corrected chi connectivity index (χ4v) is 3.16. The molecule has 1 aliphatic heterocycles. The van der Waals surface area contributed by atoms with Crippen LogP contribution in [0.2, 0.25) is 10.0 Å². The highest BCUT2D eigenvalue weighted by atomic mass is 35.5. The molecule has 114 valence electrons. The molecule has 1 fully saturated rings. The Kier molecular flexibility index (Phi) is 5.12. The molecule has 1 saturated heterocycles. The molecule has 6 heteroatoms. The maximum absolute atomic E-state index is 12.4. The summed E-state index contributed by atoms with van der Waals surface area (Å²) in [6.07, 6.45) is 1.73. The number of likely N-dealkylation sites (tertiary alicyclic amines) is 1. The fraction of sp³-hybridized carbons (Fsp3) is 0.467. The number of aliphatic carboxylic acids is 1. The van der Waals surface area contributed by atoms with Crippen LogP contribution in [0.15, 0.2) is 18.2 Å². The first kappa shape index (κ1) is 16.1. The van der Waals surface area contributed by atoms with Gasteiger partial charge in [0.1, 0.15) is 6.04 Å². The van der Waals surface area contributed by atoms with Crippen molar-refractivity contribution in [3.05, 3.63) is 33.8 Å². The van der Waals surface area contributed by atoms with Crippen LogP contribution in [0.3, 0.4) is 0 Å². The molecule has 1 amide bonds. The number of carboxylic acid groups (broad SMARTS) is 1. The minimum Gasteiger partial charge on any atom is -0.480 e. The van der Waals surface area contributed by atoms with Crippen molar-refractivity contribution in [3.63, 3.8) is 0 Å². The molecule has 21 heavy (non-hydrogen) atoms. The number of rotatable bonds is 4. The molecule has 0 spiro atoms. The highest BCUT2D eigenvalue weighted by Crippen LogP contribution is 2.26. The molecule has 0 aromatic heterocycles. The van der Waals surface area contributed by atoms with Crippen molar-refractivity contribution >= 4 is 35.1 Å². The number of amides is 1. The quantitative estimate of drug-likeness (QED) is 0.922. The van der Waals surface area contributed by atoms with Gasteiger partial charge in [0.2, 0.25) is 5.91 Å². The molecule has 4 nitrogen and oxygen atoms in total. The van der Waals surface area contributed by atoms with E-state index in [0.717, 1.165) is 12.0 Å². The van der Waals surface area contributed by atoms with Crippen LogP contribution in [0.5, 0.6) is 0 Å². The van der Waals surface area contributed by atoms with Gasteiger partial charge in [-0.05, 0) is 37.0 Å². The summed E-state index contributed by atoms with van der Waals surface area (Å²) < 4.78 is 0. The minimum atomic E-state index is -0.933. The summed E-state index contributed by atoms with van der Waals surface area (Å²) in [6.45, 7) is 2.30. The molecule has 1 heterocycles. The number of hydrogen-bond acceptors (Lipinski definition) is 2. The number of carbonyl (C=O) groups is 2. The van der Waals surface area contributed by atoms with Crippen molar-refractivity contribution < 1.29 is 14.7 Å². The Labute approximate surface area is 133 Å². The lowest BCUT2D eigenvalue weighted by Gasteiger charge is -2.25. The van der Waals surface area contributed by atoms with Crippen molar-refractivity contribution in [2.75, 3.05) is 6.54 Å². The van der Waals surface area contributed by atoms with E-state index in [1.165, 1.54) is 4.90 Å². The zero-order valence-electron chi connectivity index (χ0n) is 11.7. The number of hydrogen-bond donors (Lipinski definition) is 1. The van der Waals surface area contributed by atoms with Crippen LogP contribution in [0.1, 0.15) is 25.3 Å². The second-order valence-electron chi connectivity index (χ2n) is 5.37. The van der Waals surface area contributed by atoms with E-state index in [4.69, 9.17) is 28.3 Å². The highest BCUT2D eigenvalue weighted by Gasteiger charge is 2.35. The standard InChI is InChI=1S/C15H17Cl2NO3/c1-9(7-10-4-5-11(16)8-12(10)17)14(19)18-6-2-3-13(18)15(20)21/h4-5,8-9,13H,2-3,6-7H2,1H3,(H,20,21). The number of carbonyl (C=O) groups excluding carboxylic acids is 1. The maximum Gasteiger partial charge on any atom is 0.326 e. The van der Waals surface area contributed by atoms with E-state index >= 15 is 0 Å². The lowest BCUT2D eigenvalue weighted by molar-refractivity contribution is -0.149. The predicted molar refractivity (Wildman–Crippen MR) is 81.7 cm³/mol. The third-order valence-electron chi connectivity index (χ3n) is 3.78. The van der Waals surface area contributed by atoms with E-state index < -0.39 is 12.0 Å². The minimum absolute atomic E-state index is 0.133. The van der Waals surface area contributed by atoms with Crippen LogP contribution in [0, 0.1) is 5.92 Å². The third kappa shape index (κ3) is 3.69. The molecule has 0 aliphatic carbocycles. The summed E-state index contributed by atoms with van der Waals surface area (Å²) in [6, 6.07) is 4.48. The van der Waals surface area contributed by atoms with Crippen molar-refractivity contribution in [2.24, 2.45) is 5.92 Å². The summed E-state index contributed by atoms with van der Waals surface area (Å²) in [5.41, 5.74) is 0.841. The summed E-state index contributed by atoms with van der Waals surface area (Å²) >= 11 is 12.0. The molecule has 0 saturated carbocycles. The van der Waals surface area contributed by atoms with Gasteiger partial charge in [-0.1, -0.05) is 36.2 Å². The zero-order valence-corrected chi connectivity index (χ0v) is 13.2. The first-order valence-electron chi connectivity index (χ1n) is 6.87. The lowest BCUT2D eigenvalue weighted by Crippen LogP contribution is -2.43. The number of halogens is 2. The zero-order chi connectivity index (χ0) is 15.6. The van der Waals surface area contributed by atoms with Crippen molar-refractivity contribution in [1.82, 2.24) is 4.90 Å². The van der Waals surface area contributed by atoms with Crippen LogP contribution >= 0.6 is 23.2 Å². The van der Waals surface area contributed by atoms with Crippen LogP contribution in [-0.2, 0) is 16.0 Å². The van der Waals surface area contributed by atoms with Gasteiger partial charge in [-0.25, -0.2) is 4.79 Å². The Balaban J connectivity index is 2.07. The van der Waals surface area contributed by atoms with Gasteiger partial charge in [-0.3, -0.25) is 4.79 Å². The molecule has 2 atom stereocenters. The van der Waals surface area contributed by atoms with Gasteiger partial charge >= 0.3 is 5.97 Å². The predicted octanol–water partition coefficient (Wildman–Crippen LogP) is 3.25. The Morgan fingerprint density at radius 2 is 2.14 bits per heavy atom. The van der Waals surface area contributed by atoms with Gasteiger partial charge in [-0.15, -0.1) is 0 Å². The highest BCUT2D eigenvalue weighted by molar-refractivity contribution is 6.35. The topological polar surface area (TPSA) is 57.6 Å². The SMILES string of the molecule is CC(Cc1ccc(Cl)cc1Cl)C(=O)N1CCCC1C(=O)O. The molecule has 1 N–H and O–H groups in total. The summed E-state index contributed by atoms with van der Waals surface area (Å²) in [5.74, 6) is -1.38. The van der Waals surface area contributed by atoms with E-state index in [9.17, 15) is 9.59 Å². The van der Waals surface area contributed by atoms with E-state index in [0.29, 0.717) is 29.4 Å². The summed E-state index contributed by atoms with van der Waals surface area (Å²) in [4.78, 5) is 25.1. The summed E-state index contributed by atoms with van der Waals surface area (Å²) in [7, 11) is 0. The van der Waals surface area contributed by atoms with E-state index in [1.54, 1.807) is 25.1 Å². The van der Waals surface area contributed by atoms with Crippen LogP contribution in [0.4, 0.5) is 0 Å². The van der Waals surface area contributed by atoms with Gasteiger partial charge in [0.25, 0.3) is 0 Å². The molecule has 2 rings (SSSR count). The lowest BCUT2D eigenvalue weighted by atomic mass is 9.99. The third-order valence-corrected chi connectivity index (χ3v) is 4.37. The van der Waals surface area contributed by atoms with Crippen LogP contribution in [0.25, 0.3) is 0 Å². The second-order valence-corrected chi connectivity index (χ2v) is 6.21. The van der Waals surface area contributed by atoms with Gasteiger partial charge in [-0.2, -0.15) is 0 Å². The molecule has 1 aromatic rings. The summed E-state index contributed by atoms with van der Waals surface area (Å²) in [5, 5.41) is 10.2. The maximum atomic E-state index is 12.4. The Morgan fingerprint density at radius 3 is 2.76 bits per heavy atom. The van der Waals surface area contributed by atoms with Gasteiger partial charge in [0.15, 0.2) is 0 Å². The average Bonchev–Trinajstić information content (AvgIpc) is 2.90. The second kappa shape index (κ2) is 6.67. The normalized spacial score (nSPS) is 19.6. The van der Waals surface area contributed by atoms with Crippen LogP contribution in [-0.4, -0.2) is 34.5 Å². The molecule has 0 bridgehead atoms. The molecule has 1 aromatic carbocycles. The van der Waals surface area contributed by atoms with E-state index in [1.807, 2.05) is 0 Å². The molecule has 1 aliphatic rings. The molecule has 0 radical (unpaired) electrons. The van der Waals surface area contributed by atoms with Gasteiger partial charge in [0.05, 0.1) is 0 Å². The van der Waals surface area contributed by atoms with Gasteiger partial charge < -0.3 is 10.0 Å². The number of benzene rings is 1. The van der Waals surface area contributed by atoms with Gasteiger partial charge in [0, 0.05) is 22.5 Å². The molecular formula is C15H17Cl2NO3. The molecule has 2 unspecified atom stereocenters. The van der Waals surface area contributed by atoms with E-state index in [-0.39, 0.29) is 11.8 Å². The number of nitrogens with zero attached hydrogens (tertiary/aromatic N) is 1. The smallest absolute Gasteiger partial charge is 0.326 e. The number of carboxylic acids is 1. The first-order valence-corrected chi connectivity index (χ1v) is 7.63.